The first kappa shape index (κ1) is 73.8. The molecule has 21 rings (SSSR count). The Balaban J connectivity index is 0.000000106. The lowest BCUT2D eigenvalue weighted by Gasteiger charge is -2.47. The summed E-state index contributed by atoms with van der Waals surface area (Å²) in [6.07, 6.45) is 14.7. The van der Waals surface area contributed by atoms with Crippen LogP contribution in [-0.4, -0.2) is 201 Å². The number of hydrogen-bond acceptors (Lipinski definition) is 17. The van der Waals surface area contributed by atoms with Crippen LogP contribution in [0.1, 0.15) is 167 Å². The highest BCUT2D eigenvalue weighted by atomic mass is 16.7. The van der Waals surface area contributed by atoms with Gasteiger partial charge in [-0.1, -0.05) is 6.07 Å². The summed E-state index contributed by atoms with van der Waals surface area (Å²) >= 11 is 0. The molecule has 4 aromatic carbocycles. The Labute approximate surface area is 657 Å². The first-order chi connectivity index (χ1) is 53.9. The molecule has 13 aliphatic heterocycles. The molecule has 29 heteroatoms. The number of esters is 1. The zero-order valence-electron chi connectivity index (χ0n) is 65.5. The summed E-state index contributed by atoms with van der Waals surface area (Å²) in [5.74, 6) is 0.841. The van der Waals surface area contributed by atoms with Crippen LogP contribution >= 0.6 is 0 Å². The first-order valence-corrected chi connectivity index (χ1v) is 39.3. The van der Waals surface area contributed by atoms with Gasteiger partial charge in [-0.25, -0.2) is 0 Å². The van der Waals surface area contributed by atoms with E-state index in [0.29, 0.717) is 156 Å². The molecule has 4 N–H and O–H groups in total. The minimum Gasteiger partial charge on any atom is -0.618 e. The second-order valence-corrected chi connectivity index (χ2v) is 35.9. The summed E-state index contributed by atoms with van der Waals surface area (Å²) in [4.78, 5) is 123. The van der Waals surface area contributed by atoms with E-state index < -0.39 is 55.8 Å². The fourth-order valence-corrected chi connectivity index (χ4v) is 21.9. The normalized spacial score (nSPS) is 30.1. The van der Waals surface area contributed by atoms with Gasteiger partial charge in [-0.2, -0.15) is 19.0 Å². The molecule has 8 atom stereocenters. The Morgan fingerprint density at radius 2 is 0.719 bits per heavy atom. The minimum atomic E-state index is -1.17. The lowest BCUT2D eigenvalue weighted by Crippen LogP contribution is -2.70. The van der Waals surface area contributed by atoms with Crippen LogP contribution in [0.2, 0.25) is 0 Å². The van der Waals surface area contributed by atoms with E-state index in [1.165, 1.54) is 13.0 Å². The molecule has 0 unspecified atom stereocenters. The van der Waals surface area contributed by atoms with Crippen LogP contribution in [-0.2, 0) is 43.2 Å². The average molecular weight is 1550 g/mol. The Kier molecular flexibility index (Phi) is 16.1. The smallest absolute Gasteiger partial charge is 0.308 e. The first-order valence-electron chi connectivity index (χ1n) is 39.3. The summed E-state index contributed by atoms with van der Waals surface area (Å²) in [7, 11) is 1.56. The van der Waals surface area contributed by atoms with Crippen molar-refractivity contribution < 1.29 is 81.1 Å². The number of piperazine rings is 4. The second-order valence-electron chi connectivity index (χ2n) is 35.9. The number of fused-ring (bicyclic) bond motifs is 17. The van der Waals surface area contributed by atoms with E-state index in [-0.39, 0.29) is 77.9 Å². The van der Waals surface area contributed by atoms with Crippen molar-refractivity contribution in [1.82, 2.24) is 40.9 Å². The summed E-state index contributed by atoms with van der Waals surface area (Å²) in [6.45, 7) is 21.4. The standard InChI is InChI=1S/C22H23N3O5.C21H21N3O5.C21H23N3O4.C21H23N3O3/c1-12(26)30-13-6-7-14-15-10-22(11-21(2,3)18(15)25(29)17(14)9-13)20(28)24-8-4-5-16(24)19(27)23-22;1-20(2)9-21(19(26)23-5-3-4-13(23)18(25)22-21)8-12-11-6-15-16(29-10-28-15)7-14(11)24(27)17(12)20;1-20(2)11-21(19(26)23-8-4-5-15(23)18(25)22-21)10-14-13-7-6-12(28-3)9-16(13)24(27)17(14)20;1-12-6-7-13-14-10-21(11-20(2,3)17(14)24(27)16(13)9-12)19(26)23-8-4-5-15(23)18(25)22-21/h6-7,9-10,16H,4-5,8,11H2,1-3H3,(H,23,27);6-8,13H,3-5,9-10H2,1-2H3,(H,22,25);6-7,9-10,15H,4-5,8,11H2,1-3H3,(H,22,25);6-7,9-10,15H,4-5,8,11H2,1-3H3,(H,22,25)/t16-,22+;13-,21+;2*15-,21+/m0000/s1. The van der Waals surface area contributed by atoms with Gasteiger partial charge in [-0.15, -0.1) is 0 Å². The Morgan fingerprint density at radius 3 is 1.06 bits per heavy atom. The third kappa shape index (κ3) is 10.8. The molecule has 8 saturated heterocycles. The molecular weight excluding hydrogens is 1460 g/mol. The Morgan fingerprint density at radius 1 is 0.421 bits per heavy atom. The van der Waals surface area contributed by atoms with Crippen molar-refractivity contribution in [1.29, 1.82) is 0 Å². The molecule has 4 spiro atoms. The Bertz CT molecular complexity index is 5440. The van der Waals surface area contributed by atoms with Crippen molar-refractivity contribution in [2.24, 2.45) is 21.7 Å². The zero-order valence-corrected chi connectivity index (χ0v) is 65.5. The van der Waals surface area contributed by atoms with Crippen molar-refractivity contribution in [2.75, 3.05) is 40.1 Å². The summed E-state index contributed by atoms with van der Waals surface area (Å²) in [5, 5.41) is 64.7. The number of ether oxygens (including phenoxy) is 4. The van der Waals surface area contributed by atoms with Crippen LogP contribution in [0.25, 0.3) is 22.3 Å². The van der Waals surface area contributed by atoms with E-state index in [1.54, 1.807) is 69.2 Å². The summed E-state index contributed by atoms with van der Waals surface area (Å²) in [5.41, 5.74) is 4.37. The van der Waals surface area contributed by atoms with E-state index in [4.69, 9.17) is 18.9 Å². The molecule has 0 saturated carbocycles. The predicted octanol–water partition coefficient (Wildman–Crippen LogP) is 7.79. The van der Waals surface area contributed by atoms with Gasteiger partial charge in [0, 0.05) is 39.2 Å². The highest BCUT2D eigenvalue weighted by Crippen LogP contribution is 2.57. The summed E-state index contributed by atoms with van der Waals surface area (Å²) in [6, 6.07) is 18.1. The molecule has 13 heterocycles. The van der Waals surface area contributed by atoms with Gasteiger partial charge in [0.15, 0.2) is 11.5 Å². The van der Waals surface area contributed by atoms with E-state index in [2.05, 4.69) is 21.3 Å². The molecule has 8 fully saturated rings. The van der Waals surface area contributed by atoms with Gasteiger partial charge in [0.1, 0.15) is 57.8 Å². The molecule has 0 radical (unpaired) electrons. The van der Waals surface area contributed by atoms with Gasteiger partial charge in [-0.3, -0.25) is 43.2 Å². The zero-order chi connectivity index (χ0) is 80.5. The van der Waals surface area contributed by atoms with Crippen LogP contribution in [0.5, 0.6) is 23.0 Å². The fourth-order valence-electron chi connectivity index (χ4n) is 21.9. The number of hydrogen-bond donors (Lipinski definition) is 4. The van der Waals surface area contributed by atoms with Gasteiger partial charge in [-0.05, 0) is 206 Å². The highest BCUT2D eigenvalue weighted by Gasteiger charge is 2.65. The third-order valence-electron chi connectivity index (χ3n) is 26.1. The van der Waals surface area contributed by atoms with Crippen molar-refractivity contribution in [3.63, 3.8) is 0 Å². The van der Waals surface area contributed by atoms with E-state index in [1.807, 2.05) is 105 Å². The molecule has 0 aromatic heterocycles. The third-order valence-corrected chi connectivity index (χ3v) is 26.1. The molecule has 4 aromatic rings. The van der Waals surface area contributed by atoms with Crippen LogP contribution in [0.3, 0.4) is 0 Å². The maximum Gasteiger partial charge on any atom is 0.308 e. The molecule has 592 valence electrons. The largest absolute Gasteiger partial charge is 0.618 e. The number of allylic oxidation sites excluding steroid dienone is 4. The number of carbonyl (C=O) groups is 9. The Hall–Kier alpha value is -11.7. The lowest BCUT2D eigenvalue weighted by atomic mass is 9.66. The van der Waals surface area contributed by atoms with Gasteiger partial charge < -0.3 is 80.6 Å². The van der Waals surface area contributed by atoms with E-state index in [0.717, 1.165) is 78.9 Å². The molecule has 4 aliphatic carbocycles. The molecule has 8 amide bonds. The topological polar surface area (TPSA) is 356 Å². The SMILES string of the molecule is CC(=O)Oc1ccc2c(c1)[N+]([O-])=C1C2=C[C@]2(CC1(C)C)NC(=O)[C@@H]1CCCN1C2=O.CC1(C)C[C@@]2(C=C3C1=[N+]([O-])c1cc4c(cc13)OCO4)NC(=O)[C@@H]1CCCN1C2=O.COc1ccc2c(c1)[N+]([O-])=C1C2=C[C@]2(CC1(C)C)NC(=O)[C@@H]1CCCN1C2=O.Cc1ccc2c(c1)[N+]([O-])=C1C2=C[C@]2(CC1(C)C)NC(=O)[C@@H]1CCCN1C2=O. The predicted molar refractivity (Wildman–Crippen MR) is 416 cm³/mol. The number of nitrogens with one attached hydrogen (secondary N) is 4. The molecule has 114 heavy (non-hydrogen) atoms. The number of carbonyl (C=O) groups excluding carboxylic acids is 9. The number of rotatable bonds is 2. The van der Waals surface area contributed by atoms with Gasteiger partial charge in [0.2, 0.25) is 76.0 Å². The second kappa shape index (κ2) is 24.9. The molecule has 17 aliphatic rings. The number of amides is 8. The number of nitrogens with zero attached hydrogens (tertiary/aromatic N) is 8. The van der Waals surface area contributed by atoms with Gasteiger partial charge in [0.25, 0.3) is 23.6 Å². The van der Waals surface area contributed by atoms with Gasteiger partial charge >= 0.3 is 5.97 Å². The maximum atomic E-state index is 13.5. The van der Waals surface area contributed by atoms with Crippen molar-refractivity contribution in [2.45, 2.75) is 193 Å². The van der Waals surface area contributed by atoms with Crippen LogP contribution in [0.15, 0.2) is 91.0 Å². The van der Waals surface area contributed by atoms with E-state index >= 15 is 0 Å². The van der Waals surface area contributed by atoms with E-state index in [9.17, 15) is 64.0 Å². The van der Waals surface area contributed by atoms with Gasteiger partial charge in [0.05, 0.1) is 91.5 Å². The highest BCUT2D eigenvalue weighted by molar-refractivity contribution is 6.32. The summed E-state index contributed by atoms with van der Waals surface area (Å²) < 4.78 is 25.1. The van der Waals surface area contributed by atoms with Crippen LogP contribution < -0.4 is 40.2 Å². The van der Waals surface area contributed by atoms with Crippen LogP contribution in [0, 0.1) is 49.4 Å². The lowest BCUT2D eigenvalue weighted by molar-refractivity contribution is -0.361. The van der Waals surface area contributed by atoms with Crippen molar-refractivity contribution >= 4 is 121 Å². The minimum absolute atomic E-state index is 0.0396. The molecule has 29 nitrogen and oxygen atoms in total. The average Bonchev–Trinajstić information content (AvgIpc) is 1.53. The quantitative estimate of drug-likeness (QED) is 0.0643. The van der Waals surface area contributed by atoms with Crippen LogP contribution in [0.4, 0.5) is 22.7 Å². The maximum absolute atomic E-state index is 13.5. The number of methoxy groups -OCH3 is 1. The molecular formula is C85H90N12O17. The fraction of sp³-hybridized carbons (Fsp3) is 0.471. The van der Waals surface area contributed by atoms with Crippen molar-refractivity contribution in [3.8, 4) is 23.0 Å². The molecule has 0 bridgehead atoms. The van der Waals surface area contributed by atoms with Crippen molar-refractivity contribution in [3.05, 3.63) is 140 Å². The number of benzene rings is 4. The number of aryl methyl sites for hydroxylation is 1. The monoisotopic (exact) mass is 1550 g/mol.